The quantitative estimate of drug-likeness (QED) is 0.152. The Balaban J connectivity index is 1.58. The summed E-state index contributed by atoms with van der Waals surface area (Å²) in [6.07, 6.45) is 3.76. The molecule has 5 rings (SSSR count). The molecule has 11 heteroatoms. The van der Waals surface area contributed by atoms with Gasteiger partial charge in [-0.1, -0.05) is 36.7 Å². The van der Waals surface area contributed by atoms with Gasteiger partial charge in [-0.25, -0.2) is 9.59 Å². The van der Waals surface area contributed by atoms with E-state index in [2.05, 4.69) is 12.1 Å². The number of carboxylic acid groups (broad SMARTS) is 2. The molecule has 0 bridgehead atoms. The van der Waals surface area contributed by atoms with E-state index in [4.69, 9.17) is 28.2 Å². The summed E-state index contributed by atoms with van der Waals surface area (Å²) in [5, 5.41) is 24.2. The Kier molecular flexibility index (Phi) is 9.57. The molecule has 234 valence electrons. The third-order valence-corrected chi connectivity index (χ3v) is 7.38. The highest BCUT2D eigenvalue weighted by atomic mass is 16.7. The van der Waals surface area contributed by atoms with Crippen LogP contribution in [0.4, 0.5) is 0 Å². The number of nitrogens with zero attached hydrogens (tertiary/aromatic N) is 1. The monoisotopic (exact) mass is 615 g/mol. The van der Waals surface area contributed by atoms with Crippen LogP contribution in [0.2, 0.25) is 0 Å². The third kappa shape index (κ3) is 6.87. The number of aryl methyl sites for hydroxylation is 1. The van der Waals surface area contributed by atoms with Crippen molar-refractivity contribution in [2.45, 2.75) is 39.2 Å². The largest absolute Gasteiger partial charge is 0.497 e. The maximum absolute atomic E-state index is 12.5. The van der Waals surface area contributed by atoms with Gasteiger partial charge in [0.1, 0.15) is 23.9 Å². The Morgan fingerprint density at radius 3 is 2.44 bits per heavy atom. The van der Waals surface area contributed by atoms with Crippen LogP contribution in [0.15, 0.2) is 64.7 Å². The number of hydrogen-bond donors (Lipinski definition) is 2. The zero-order valence-corrected chi connectivity index (χ0v) is 25.1. The number of fused-ring (bicyclic) bond motifs is 1. The Hall–Kier alpha value is -5.45. The fourth-order valence-electron chi connectivity index (χ4n) is 5.05. The summed E-state index contributed by atoms with van der Waals surface area (Å²) in [4.78, 5) is 24.3. The highest BCUT2D eigenvalue weighted by molar-refractivity contribution is 5.94. The van der Waals surface area contributed by atoms with Crippen LogP contribution in [0, 0.1) is 0 Å². The molecule has 0 radical (unpaired) electrons. The first-order chi connectivity index (χ1) is 21.8. The summed E-state index contributed by atoms with van der Waals surface area (Å²) in [7, 11) is 3.03. The highest BCUT2D eigenvalue weighted by Gasteiger charge is 2.24. The fourth-order valence-corrected chi connectivity index (χ4v) is 5.05. The molecule has 4 aromatic rings. The minimum Gasteiger partial charge on any atom is -0.497 e. The van der Waals surface area contributed by atoms with Gasteiger partial charge in [0.15, 0.2) is 17.3 Å². The van der Waals surface area contributed by atoms with Crippen molar-refractivity contribution in [2.24, 2.45) is 0 Å². The molecule has 2 N–H and O–H groups in total. The minimum atomic E-state index is -1.15. The molecule has 0 aliphatic carbocycles. The number of carboxylic acids is 2. The number of carbonyl (C=O) groups is 2. The van der Waals surface area contributed by atoms with Crippen LogP contribution in [0.3, 0.4) is 0 Å². The predicted molar refractivity (Wildman–Crippen MR) is 163 cm³/mol. The molecule has 0 atom stereocenters. The molecular formula is C34H33NO10. The van der Waals surface area contributed by atoms with E-state index in [1.165, 1.54) is 26.4 Å². The van der Waals surface area contributed by atoms with Gasteiger partial charge < -0.3 is 38.4 Å². The van der Waals surface area contributed by atoms with Crippen LogP contribution in [0.1, 0.15) is 52.7 Å². The lowest BCUT2D eigenvalue weighted by atomic mass is 9.96. The third-order valence-electron chi connectivity index (χ3n) is 7.38. The van der Waals surface area contributed by atoms with Gasteiger partial charge >= 0.3 is 11.9 Å². The molecule has 1 aliphatic heterocycles. The summed E-state index contributed by atoms with van der Waals surface area (Å²) in [5.74, 6) is 0.413. The van der Waals surface area contributed by atoms with Crippen molar-refractivity contribution in [1.29, 1.82) is 0 Å². The topological polar surface area (TPSA) is 147 Å². The van der Waals surface area contributed by atoms with Crippen LogP contribution in [0.5, 0.6) is 28.7 Å². The van der Waals surface area contributed by atoms with E-state index >= 15 is 0 Å². The fraction of sp³-hybridized carbons (Fsp3) is 0.265. The zero-order valence-electron chi connectivity index (χ0n) is 25.1. The first-order valence-electron chi connectivity index (χ1n) is 14.3. The van der Waals surface area contributed by atoms with Crippen molar-refractivity contribution >= 4 is 18.0 Å². The second-order valence-corrected chi connectivity index (χ2v) is 10.3. The summed E-state index contributed by atoms with van der Waals surface area (Å²) < 4.78 is 33.9. The van der Waals surface area contributed by atoms with Crippen LogP contribution in [0.25, 0.3) is 17.2 Å². The second kappa shape index (κ2) is 13.9. The van der Waals surface area contributed by atoms with E-state index < -0.39 is 11.9 Å². The number of aliphatic carboxylic acids is 1. The number of aromatic carboxylic acids is 1. The number of ether oxygens (including phenoxy) is 5. The van der Waals surface area contributed by atoms with Gasteiger partial charge in [0.05, 0.1) is 31.0 Å². The van der Waals surface area contributed by atoms with Crippen LogP contribution >= 0.6 is 0 Å². The van der Waals surface area contributed by atoms with Crippen LogP contribution in [-0.4, -0.2) is 48.3 Å². The van der Waals surface area contributed by atoms with E-state index in [-0.39, 0.29) is 36.7 Å². The summed E-state index contributed by atoms with van der Waals surface area (Å²) in [6.45, 7) is 2.09. The summed E-state index contributed by atoms with van der Waals surface area (Å²) in [6, 6.07) is 15.2. The molecule has 0 unspecified atom stereocenters. The first-order valence-corrected chi connectivity index (χ1v) is 14.3. The lowest BCUT2D eigenvalue weighted by Gasteiger charge is -2.15. The number of unbranched alkanes of at least 4 members (excludes halogenated alkanes) is 1. The lowest BCUT2D eigenvalue weighted by Crippen LogP contribution is -2.06. The molecule has 2 heterocycles. The molecule has 45 heavy (non-hydrogen) atoms. The number of methoxy groups -OCH3 is 2. The Labute approximate surface area is 259 Å². The standard InChI is InChI=1S/C34H33NO10/c1-4-5-10-26-32(25-12-11-23(40-2)16-28(25)42-18-20-8-6-7-9-24(20)34(38)39)31(45-35-26)15-22(33(36)37)13-21-14-29-30(44-19-43-29)17-27(21)41-3/h6-9,11-12,14-17H,4-5,10,13,18-19H2,1-3H3,(H,36,37)(H,38,39). The number of aromatic nitrogens is 1. The van der Waals surface area contributed by atoms with Crippen molar-refractivity contribution in [3.8, 4) is 39.9 Å². The van der Waals surface area contributed by atoms with Gasteiger partial charge in [0.2, 0.25) is 6.79 Å². The molecular weight excluding hydrogens is 582 g/mol. The first kappa shape index (κ1) is 31.0. The predicted octanol–water partition coefficient (Wildman–Crippen LogP) is 6.42. The molecule has 0 spiro atoms. The van der Waals surface area contributed by atoms with Crippen molar-refractivity contribution in [1.82, 2.24) is 5.16 Å². The second-order valence-electron chi connectivity index (χ2n) is 10.3. The van der Waals surface area contributed by atoms with Gasteiger partial charge in [-0.15, -0.1) is 0 Å². The van der Waals surface area contributed by atoms with E-state index in [0.29, 0.717) is 63.1 Å². The molecule has 0 saturated heterocycles. The van der Waals surface area contributed by atoms with Gasteiger partial charge in [-0.3, -0.25) is 0 Å². The lowest BCUT2D eigenvalue weighted by molar-refractivity contribution is -0.132. The highest BCUT2D eigenvalue weighted by Crippen LogP contribution is 2.41. The molecule has 0 fully saturated rings. The smallest absolute Gasteiger partial charge is 0.336 e. The molecule has 0 saturated carbocycles. The van der Waals surface area contributed by atoms with E-state index in [1.54, 1.807) is 48.5 Å². The van der Waals surface area contributed by atoms with E-state index in [1.807, 2.05) is 0 Å². The number of benzene rings is 3. The van der Waals surface area contributed by atoms with E-state index in [0.717, 1.165) is 12.8 Å². The molecule has 0 amide bonds. The summed E-state index contributed by atoms with van der Waals surface area (Å²) >= 11 is 0. The molecule has 1 aromatic heterocycles. The number of rotatable bonds is 14. The Morgan fingerprint density at radius 2 is 1.73 bits per heavy atom. The van der Waals surface area contributed by atoms with Crippen molar-refractivity contribution in [2.75, 3.05) is 21.0 Å². The van der Waals surface area contributed by atoms with Crippen LogP contribution < -0.4 is 23.7 Å². The zero-order chi connectivity index (χ0) is 31.9. The van der Waals surface area contributed by atoms with Gasteiger partial charge in [0.25, 0.3) is 0 Å². The van der Waals surface area contributed by atoms with Crippen LogP contribution in [-0.2, 0) is 24.2 Å². The maximum atomic E-state index is 12.5. The van der Waals surface area contributed by atoms with Crippen molar-refractivity contribution in [3.05, 3.63) is 88.3 Å². The van der Waals surface area contributed by atoms with Gasteiger partial charge in [-0.2, -0.15) is 0 Å². The Morgan fingerprint density at radius 1 is 0.956 bits per heavy atom. The summed E-state index contributed by atoms with van der Waals surface area (Å²) in [5.41, 5.74) is 3.03. The maximum Gasteiger partial charge on any atom is 0.336 e. The minimum absolute atomic E-state index is 0.00246. The average molecular weight is 616 g/mol. The van der Waals surface area contributed by atoms with Gasteiger partial charge in [-0.05, 0) is 43.2 Å². The van der Waals surface area contributed by atoms with Crippen molar-refractivity contribution < 1.29 is 48.0 Å². The van der Waals surface area contributed by atoms with Crippen molar-refractivity contribution in [3.63, 3.8) is 0 Å². The number of hydrogen-bond acceptors (Lipinski definition) is 9. The Bertz CT molecular complexity index is 1740. The SMILES string of the molecule is CCCCc1noc(C=C(Cc2cc3c(cc2OC)OCO3)C(=O)O)c1-c1ccc(OC)cc1OCc1ccccc1C(=O)O. The molecule has 11 nitrogen and oxygen atoms in total. The average Bonchev–Trinajstić information content (AvgIpc) is 3.68. The normalized spacial score (nSPS) is 12.2. The molecule has 3 aromatic carbocycles. The molecule has 1 aliphatic rings. The van der Waals surface area contributed by atoms with Gasteiger partial charge in [0, 0.05) is 40.8 Å². The van der Waals surface area contributed by atoms with E-state index in [9.17, 15) is 19.8 Å².